The molecule has 1 fully saturated rings. The molecule has 4 heteroatoms. The fourth-order valence-electron chi connectivity index (χ4n) is 1.75. The molecule has 0 saturated carbocycles. The van der Waals surface area contributed by atoms with E-state index in [1.165, 1.54) is 6.42 Å². The Bertz CT molecular complexity index is 159. The van der Waals surface area contributed by atoms with Gasteiger partial charge >= 0.3 is 0 Å². The standard InChI is InChI=1S/C12H26N2O2/c1-14(2)7-3-5-13-6-9-16-11-12-4-8-15-10-12/h12-13H,3-11H2,1-2H3. The van der Waals surface area contributed by atoms with Crippen LogP contribution in [-0.4, -0.2) is 65.1 Å². The van der Waals surface area contributed by atoms with Crippen molar-refractivity contribution in [3.63, 3.8) is 0 Å². The van der Waals surface area contributed by atoms with E-state index in [1.807, 2.05) is 0 Å². The van der Waals surface area contributed by atoms with Gasteiger partial charge in [-0.25, -0.2) is 0 Å². The van der Waals surface area contributed by atoms with Gasteiger partial charge in [0.1, 0.15) is 0 Å². The molecule has 1 rings (SSSR count). The zero-order chi connectivity index (χ0) is 11.6. The largest absolute Gasteiger partial charge is 0.381 e. The lowest BCUT2D eigenvalue weighted by Crippen LogP contribution is -2.25. The number of ether oxygens (including phenoxy) is 2. The van der Waals surface area contributed by atoms with Crippen molar-refractivity contribution < 1.29 is 9.47 Å². The van der Waals surface area contributed by atoms with E-state index >= 15 is 0 Å². The molecule has 0 aromatic carbocycles. The van der Waals surface area contributed by atoms with Crippen molar-refractivity contribution in [1.29, 1.82) is 0 Å². The molecule has 96 valence electrons. The van der Waals surface area contributed by atoms with Crippen molar-refractivity contribution >= 4 is 0 Å². The SMILES string of the molecule is CN(C)CCCNCCOCC1CCOC1. The molecular formula is C12H26N2O2. The van der Waals surface area contributed by atoms with Crippen LogP contribution in [0.2, 0.25) is 0 Å². The van der Waals surface area contributed by atoms with Gasteiger partial charge in [0.05, 0.1) is 19.8 Å². The van der Waals surface area contributed by atoms with Gasteiger partial charge in [-0.1, -0.05) is 0 Å². The second kappa shape index (κ2) is 8.93. The molecule has 16 heavy (non-hydrogen) atoms. The van der Waals surface area contributed by atoms with E-state index < -0.39 is 0 Å². The van der Waals surface area contributed by atoms with Crippen LogP contribution in [0, 0.1) is 5.92 Å². The van der Waals surface area contributed by atoms with Crippen LogP contribution < -0.4 is 5.32 Å². The van der Waals surface area contributed by atoms with Gasteiger partial charge < -0.3 is 19.7 Å². The van der Waals surface area contributed by atoms with Crippen molar-refractivity contribution in [2.75, 3.05) is 60.2 Å². The first-order valence-corrected chi connectivity index (χ1v) is 6.30. The summed E-state index contributed by atoms with van der Waals surface area (Å²) in [5, 5.41) is 3.38. The molecule has 1 aliphatic heterocycles. The maximum Gasteiger partial charge on any atom is 0.0591 e. The molecule has 4 nitrogen and oxygen atoms in total. The molecule has 1 atom stereocenters. The molecule has 0 aliphatic carbocycles. The smallest absolute Gasteiger partial charge is 0.0591 e. The molecule has 0 amide bonds. The third-order valence-electron chi connectivity index (χ3n) is 2.76. The summed E-state index contributed by atoms with van der Waals surface area (Å²) >= 11 is 0. The molecule has 0 spiro atoms. The number of rotatable bonds is 9. The highest BCUT2D eigenvalue weighted by atomic mass is 16.5. The molecule has 1 unspecified atom stereocenters. The lowest BCUT2D eigenvalue weighted by Gasteiger charge is -2.11. The summed E-state index contributed by atoms with van der Waals surface area (Å²) in [6.07, 6.45) is 2.36. The average molecular weight is 230 g/mol. The maximum atomic E-state index is 5.59. The third-order valence-corrected chi connectivity index (χ3v) is 2.76. The molecule has 0 aromatic rings. The molecule has 0 radical (unpaired) electrons. The van der Waals surface area contributed by atoms with E-state index in [4.69, 9.17) is 9.47 Å². The molecular weight excluding hydrogens is 204 g/mol. The fraction of sp³-hybridized carbons (Fsp3) is 1.00. The summed E-state index contributed by atoms with van der Waals surface area (Å²) < 4.78 is 10.9. The lowest BCUT2D eigenvalue weighted by atomic mass is 10.1. The van der Waals surface area contributed by atoms with Gasteiger partial charge in [0.25, 0.3) is 0 Å². The van der Waals surface area contributed by atoms with Crippen LogP contribution in [0.3, 0.4) is 0 Å². The zero-order valence-corrected chi connectivity index (χ0v) is 10.7. The molecule has 0 aromatic heterocycles. The highest BCUT2D eigenvalue weighted by Gasteiger charge is 2.14. The number of nitrogens with zero attached hydrogens (tertiary/aromatic N) is 1. The second-order valence-electron chi connectivity index (χ2n) is 4.71. The highest BCUT2D eigenvalue weighted by Crippen LogP contribution is 2.11. The average Bonchev–Trinajstić information content (AvgIpc) is 2.74. The Morgan fingerprint density at radius 3 is 2.94 bits per heavy atom. The van der Waals surface area contributed by atoms with Crippen LogP contribution in [0.4, 0.5) is 0 Å². The Hall–Kier alpha value is -0.160. The van der Waals surface area contributed by atoms with Crippen molar-refractivity contribution in [3.05, 3.63) is 0 Å². The number of hydrogen-bond acceptors (Lipinski definition) is 4. The normalized spacial score (nSPS) is 20.8. The molecule has 1 saturated heterocycles. The minimum Gasteiger partial charge on any atom is -0.381 e. The molecule has 0 bridgehead atoms. The van der Waals surface area contributed by atoms with Gasteiger partial charge in [0.15, 0.2) is 0 Å². The minimum atomic E-state index is 0.633. The quantitative estimate of drug-likeness (QED) is 0.588. The van der Waals surface area contributed by atoms with Crippen LogP contribution in [0.15, 0.2) is 0 Å². The minimum absolute atomic E-state index is 0.633. The Kier molecular flexibility index (Phi) is 7.76. The zero-order valence-electron chi connectivity index (χ0n) is 10.7. The summed E-state index contributed by atoms with van der Waals surface area (Å²) in [4.78, 5) is 2.21. The first-order chi connectivity index (χ1) is 7.79. The van der Waals surface area contributed by atoms with Gasteiger partial charge in [-0.15, -0.1) is 0 Å². The first-order valence-electron chi connectivity index (χ1n) is 6.30. The van der Waals surface area contributed by atoms with Crippen LogP contribution in [-0.2, 0) is 9.47 Å². The van der Waals surface area contributed by atoms with E-state index in [-0.39, 0.29) is 0 Å². The van der Waals surface area contributed by atoms with Crippen molar-refractivity contribution in [1.82, 2.24) is 10.2 Å². The molecule has 1 N–H and O–H groups in total. The number of hydrogen-bond donors (Lipinski definition) is 1. The Morgan fingerprint density at radius 1 is 1.38 bits per heavy atom. The van der Waals surface area contributed by atoms with Crippen LogP contribution in [0.1, 0.15) is 12.8 Å². The Labute approximate surface area is 99.3 Å². The predicted octanol–water partition coefficient (Wildman–Crippen LogP) is 0.581. The van der Waals surface area contributed by atoms with Crippen molar-refractivity contribution in [2.45, 2.75) is 12.8 Å². The number of nitrogens with one attached hydrogen (secondary N) is 1. The van der Waals surface area contributed by atoms with E-state index in [9.17, 15) is 0 Å². The van der Waals surface area contributed by atoms with Crippen LogP contribution >= 0.6 is 0 Å². The van der Waals surface area contributed by atoms with Crippen molar-refractivity contribution in [3.8, 4) is 0 Å². The van der Waals surface area contributed by atoms with Gasteiger partial charge in [-0.05, 0) is 40.0 Å². The Morgan fingerprint density at radius 2 is 2.25 bits per heavy atom. The molecule has 1 heterocycles. The summed E-state index contributed by atoms with van der Waals surface area (Å²) in [5.74, 6) is 0.633. The summed E-state index contributed by atoms with van der Waals surface area (Å²) in [6.45, 7) is 6.66. The van der Waals surface area contributed by atoms with E-state index in [0.717, 1.165) is 52.5 Å². The second-order valence-corrected chi connectivity index (χ2v) is 4.71. The highest BCUT2D eigenvalue weighted by molar-refractivity contribution is 4.62. The first kappa shape index (κ1) is 13.9. The van der Waals surface area contributed by atoms with E-state index in [1.54, 1.807) is 0 Å². The van der Waals surface area contributed by atoms with Gasteiger partial charge in [0, 0.05) is 19.1 Å². The maximum absolute atomic E-state index is 5.59. The topological polar surface area (TPSA) is 33.7 Å². The fourth-order valence-corrected chi connectivity index (χ4v) is 1.75. The summed E-state index contributed by atoms with van der Waals surface area (Å²) in [6, 6.07) is 0. The van der Waals surface area contributed by atoms with Gasteiger partial charge in [-0.2, -0.15) is 0 Å². The van der Waals surface area contributed by atoms with E-state index in [0.29, 0.717) is 5.92 Å². The lowest BCUT2D eigenvalue weighted by molar-refractivity contribution is 0.0913. The van der Waals surface area contributed by atoms with Gasteiger partial charge in [-0.3, -0.25) is 0 Å². The van der Waals surface area contributed by atoms with Gasteiger partial charge in [0.2, 0.25) is 0 Å². The summed E-state index contributed by atoms with van der Waals surface area (Å²) in [7, 11) is 4.21. The molecule has 1 aliphatic rings. The Balaban J connectivity index is 1.74. The van der Waals surface area contributed by atoms with Crippen LogP contribution in [0.5, 0.6) is 0 Å². The summed E-state index contributed by atoms with van der Waals surface area (Å²) in [5.41, 5.74) is 0. The monoisotopic (exact) mass is 230 g/mol. The van der Waals surface area contributed by atoms with Crippen LogP contribution in [0.25, 0.3) is 0 Å². The third kappa shape index (κ3) is 7.17. The van der Waals surface area contributed by atoms with Crippen molar-refractivity contribution in [2.24, 2.45) is 5.92 Å². The van der Waals surface area contributed by atoms with E-state index in [2.05, 4.69) is 24.3 Å². The predicted molar refractivity (Wildman–Crippen MR) is 65.8 cm³/mol.